The second kappa shape index (κ2) is 4.23. The van der Waals surface area contributed by atoms with Crippen molar-refractivity contribution in [1.82, 2.24) is 9.61 Å². The van der Waals surface area contributed by atoms with Crippen LogP contribution in [-0.2, 0) is 9.31 Å². The summed E-state index contributed by atoms with van der Waals surface area (Å²) >= 11 is 6.50. The second-order valence-corrected chi connectivity index (χ2v) is 6.67. The van der Waals surface area contributed by atoms with Crippen molar-refractivity contribution in [2.24, 2.45) is 0 Å². The number of hydrogen-bond acceptors (Lipinski definition) is 3. The molecule has 1 saturated heterocycles. The second-order valence-electron chi connectivity index (χ2n) is 6.29. The lowest BCUT2D eigenvalue weighted by molar-refractivity contribution is 0.00578. The fourth-order valence-corrected chi connectivity index (χ4v) is 2.61. The molecule has 106 valence electrons. The van der Waals surface area contributed by atoms with Crippen molar-refractivity contribution in [1.29, 1.82) is 0 Å². The summed E-state index contributed by atoms with van der Waals surface area (Å²) in [4.78, 5) is 0. The lowest BCUT2D eigenvalue weighted by Crippen LogP contribution is -2.41. The molecule has 0 aliphatic carbocycles. The van der Waals surface area contributed by atoms with Crippen LogP contribution in [0.2, 0.25) is 5.02 Å². The Morgan fingerprint density at radius 1 is 1.20 bits per heavy atom. The van der Waals surface area contributed by atoms with Crippen LogP contribution in [0.1, 0.15) is 33.4 Å². The van der Waals surface area contributed by atoms with Gasteiger partial charge in [-0.1, -0.05) is 11.6 Å². The highest BCUT2D eigenvalue weighted by Crippen LogP contribution is 2.37. The average molecular weight is 293 g/mol. The van der Waals surface area contributed by atoms with Crippen LogP contribution < -0.4 is 5.46 Å². The van der Waals surface area contributed by atoms with Crippen molar-refractivity contribution in [2.75, 3.05) is 0 Å². The minimum absolute atomic E-state index is 0.372. The molecule has 0 amide bonds. The van der Waals surface area contributed by atoms with Gasteiger partial charge in [-0.25, -0.2) is 4.52 Å². The smallest absolute Gasteiger partial charge is 0.399 e. The van der Waals surface area contributed by atoms with Crippen molar-refractivity contribution >= 4 is 29.7 Å². The zero-order valence-electron chi connectivity index (χ0n) is 12.4. The van der Waals surface area contributed by atoms with Crippen molar-refractivity contribution in [3.05, 3.63) is 29.0 Å². The summed E-state index contributed by atoms with van der Waals surface area (Å²) in [6.07, 6.45) is 1.88. The molecule has 0 aromatic carbocycles. The third-order valence-electron chi connectivity index (χ3n) is 4.24. The molecule has 0 saturated carbocycles. The Kier molecular flexibility index (Phi) is 2.94. The summed E-state index contributed by atoms with van der Waals surface area (Å²) in [5.74, 6) is 0. The van der Waals surface area contributed by atoms with E-state index in [1.807, 2.05) is 52.9 Å². The highest BCUT2D eigenvalue weighted by molar-refractivity contribution is 6.66. The van der Waals surface area contributed by atoms with Gasteiger partial charge < -0.3 is 9.31 Å². The number of pyridine rings is 1. The molecule has 1 fully saturated rings. The minimum atomic E-state index is -0.451. The van der Waals surface area contributed by atoms with E-state index in [0.717, 1.165) is 16.7 Å². The topological polar surface area (TPSA) is 35.8 Å². The molecule has 4 nitrogen and oxygen atoms in total. The Hall–Kier alpha value is -1.04. The van der Waals surface area contributed by atoms with Gasteiger partial charge in [0.25, 0.3) is 0 Å². The molecule has 6 heteroatoms. The van der Waals surface area contributed by atoms with E-state index in [9.17, 15) is 0 Å². The fourth-order valence-electron chi connectivity index (χ4n) is 2.32. The summed E-state index contributed by atoms with van der Waals surface area (Å²) in [5, 5.41) is 4.98. The van der Waals surface area contributed by atoms with E-state index in [1.165, 1.54) is 0 Å². The van der Waals surface area contributed by atoms with E-state index in [1.54, 1.807) is 4.52 Å². The van der Waals surface area contributed by atoms with Crippen LogP contribution >= 0.6 is 11.6 Å². The Bertz CT molecular complexity index is 665. The predicted octanol–water partition coefficient (Wildman–Crippen LogP) is 2.60. The molecular weight excluding hydrogens is 274 g/mol. The first-order valence-electron chi connectivity index (χ1n) is 6.71. The first-order chi connectivity index (χ1) is 9.21. The lowest BCUT2D eigenvalue weighted by Gasteiger charge is -2.32. The number of rotatable bonds is 1. The summed E-state index contributed by atoms with van der Waals surface area (Å²) in [6, 6.07) is 3.86. The first kappa shape index (κ1) is 13.9. The number of aromatic nitrogens is 2. The number of nitrogens with zero attached hydrogens (tertiary/aromatic N) is 2. The molecule has 0 atom stereocenters. The molecule has 2 aromatic heterocycles. The number of hydrogen-bond donors (Lipinski definition) is 0. The fraction of sp³-hybridized carbons (Fsp3) is 0.500. The zero-order chi connectivity index (χ0) is 14.7. The van der Waals surface area contributed by atoms with E-state index >= 15 is 0 Å². The van der Waals surface area contributed by atoms with Crippen molar-refractivity contribution in [2.45, 2.75) is 45.8 Å². The summed E-state index contributed by atoms with van der Waals surface area (Å²) in [6.45, 7) is 10.1. The maximum absolute atomic E-state index is 6.50. The van der Waals surface area contributed by atoms with Crippen molar-refractivity contribution in [3.8, 4) is 0 Å². The molecule has 0 radical (unpaired) electrons. The maximum Gasteiger partial charge on any atom is 0.496 e. The number of halogens is 1. The molecule has 2 aromatic rings. The SMILES string of the molecule is Cc1cc2c(Cl)c(B3OC(C)(C)C(C)(C)O3)ccn2n1. The monoisotopic (exact) mass is 292 g/mol. The van der Waals surface area contributed by atoms with E-state index in [4.69, 9.17) is 20.9 Å². The normalized spacial score (nSPS) is 20.8. The van der Waals surface area contributed by atoms with Gasteiger partial charge in [0, 0.05) is 11.7 Å². The van der Waals surface area contributed by atoms with Crippen LogP contribution in [0.3, 0.4) is 0 Å². The van der Waals surface area contributed by atoms with Gasteiger partial charge in [-0.15, -0.1) is 0 Å². The number of fused-ring (bicyclic) bond motifs is 1. The van der Waals surface area contributed by atoms with Gasteiger partial charge in [0.05, 0.1) is 27.4 Å². The standard InChI is InChI=1S/C14H18BClN2O2/c1-9-8-11-12(16)10(6-7-18(11)17-9)15-19-13(2,3)14(4,5)20-15/h6-8H,1-5H3. The van der Waals surface area contributed by atoms with Crippen molar-refractivity contribution in [3.63, 3.8) is 0 Å². The lowest BCUT2D eigenvalue weighted by atomic mass is 9.79. The summed E-state index contributed by atoms with van der Waals surface area (Å²) in [7, 11) is -0.451. The third kappa shape index (κ3) is 1.96. The predicted molar refractivity (Wildman–Crippen MR) is 80.7 cm³/mol. The van der Waals surface area contributed by atoms with Crippen LogP contribution in [0.4, 0.5) is 0 Å². The van der Waals surface area contributed by atoms with Crippen LogP contribution in [-0.4, -0.2) is 27.9 Å². The van der Waals surface area contributed by atoms with E-state index in [0.29, 0.717) is 5.02 Å². The molecule has 0 bridgehead atoms. The maximum atomic E-state index is 6.50. The molecule has 1 aliphatic heterocycles. The largest absolute Gasteiger partial charge is 0.496 e. The number of aryl methyl sites for hydroxylation is 1. The van der Waals surface area contributed by atoms with E-state index in [2.05, 4.69) is 5.10 Å². The van der Waals surface area contributed by atoms with Gasteiger partial charge in [0.15, 0.2) is 0 Å². The Balaban J connectivity index is 2.06. The van der Waals surface area contributed by atoms with Crippen LogP contribution in [0.25, 0.3) is 5.52 Å². The van der Waals surface area contributed by atoms with Gasteiger partial charge in [-0.2, -0.15) is 5.10 Å². The summed E-state index contributed by atoms with van der Waals surface area (Å²) in [5.41, 5.74) is 1.90. The van der Waals surface area contributed by atoms with Gasteiger partial charge in [0.2, 0.25) is 0 Å². The molecule has 3 rings (SSSR count). The van der Waals surface area contributed by atoms with Crippen LogP contribution in [0.15, 0.2) is 18.3 Å². The molecule has 0 unspecified atom stereocenters. The Morgan fingerprint density at radius 3 is 2.40 bits per heavy atom. The first-order valence-corrected chi connectivity index (χ1v) is 7.09. The third-order valence-corrected chi connectivity index (χ3v) is 4.65. The summed E-state index contributed by atoms with van der Waals surface area (Å²) < 4.78 is 13.9. The molecule has 20 heavy (non-hydrogen) atoms. The highest BCUT2D eigenvalue weighted by Gasteiger charge is 2.52. The highest BCUT2D eigenvalue weighted by atomic mass is 35.5. The Morgan fingerprint density at radius 2 is 1.80 bits per heavy atom. The average Bonchev–Trinajstić information content (AvgIpc) is 2.78. The van der Waals surface area contributed by atoms with E-state index < -0.39 is 7.12 Å². The quantitative estimate of drug-likeness (QED) is 0.758. The molecule has 0 spiro atoms. The van der Waals surface area contributed by atoms with Crippen molar-refractivity contribution < 1.29 is 9.31 Å². The zero-order valence-corrected chi connectivity index (χ0v) is 13.2. The van der Waals surface area contributed by atoms with Gasteiger partial charge >= 0.3 is 7.12 Å². The van der Waals surface area contributed by atoms with Gasteiger partial charge in [-0.3, -0.25) is 0 Å². The van der Waals surface area contributed by atoms with Gasteiger partial charge in [0.1, 0.15) is 0 Å². The van der Waals surface area contributed by atoms with E-state index in [-0.39, 0.29) is 11.2 Å². The van der Waals surface area contributed by atoms with Gasteiger partial charge in [-0.05, 0) is 46.8 Å². The molecular formula is C14H18BClN2O2. The van der Waals surface area contributed by atoms with Crippen LogP contribution in [0.5, 0.6) is 0 Å². The Labute approximate surface area is 124 Å². The molecule has 0 N–H and O–H groups in total. The minimum Gasteiger partial charge on any atom is -0.399 e. The molecule has 1 aliphatic rings. The van der Waals surface area contributed by atoms with Crippen LogP contribution in [0, 0.1) is 6.92 Å². The molecule has 3 heterocycles.